The Balaban J connectivity index is 2.52. The number of hydrogen-bond donors (Lipinski definition) is 5. The van der Waals surface area contributed by atoms with Gasteiger partial charge in [-0.25, -0.2) is 4.57 Å². The lowest BCUT2D eigenvalue weighted by atomic mass is 10.0. The highest BCUT2D eigenvalue weighted by Gasteiger charge is 2.30. The van der Waals surface area contributed by atoms with Crippen molar-refractivity contribution in [2.45, 2.75) is 418 Å². The molecule has 0 aliphatic carbocycles. The molecule has 0 bridgehead atoms. The van der Waals surface area contributed by atoms with Crippen molar-refractivity contribution in [1.82, 2.24) is 9.80 Å². The van der Waals surface area contributed by atoms with Gasteiger partial charge in [-0.2, -0.15) is 0 Å². The Morgan fingerprint density at radius 2 is 0.621 bits per heavy atom. The Morgan fingerprint density at radius 1 is 0.359 bits per heavy atom. The van der Waals surface area contributed by atoms with E-state index in [0.717, 1.165) is 54.7 Å². The van der Waals surface area contributed by atoms with Crippen molar-refractivity contribution in [3.8, 4) is 5.75 Å². The third-order valence-electron chi connectivity index (χ3n) is 20.1. The van der Waals surface area contributed by atoms with Gasteiger partial charge in [0.1, 0.15) is 19.0 Å². The van der Waals surface area contributed by atoms with Crippen LogP contribution in [0.5, 0.6) is 5.75 Å². The van der Waals surface area contributed by atoms with Crippen LogP contribution in [-0.2, 0) is 53.8 Å². The number of aliphatic carboxylic acids is 4. The van der Waals surface area contributed by atoms with Crippen LogP contribution in [0.25, 0.3) is 0 Å². The second-order valence-electron chi connectivity index (χ2n) is 30.1. The van der Waals surface area contributed by atoms with Crippen LogP contribution in [0, 0.1) is 0 Å². The molecule has 1 rings (SSSR count). The Labute approximate surface area is 626 Å². The van der Waals surface area contributed by atoms with Crippen molar-refractivity contribution >= 4 is 43.6 Å². The monoisotopic (exact) mass is 1480 g/mol. The Bertz CT molecular complexity index is 2190. The fraction of sp³-hybridized carbons (Fsp3) is 0.857. The number of unbranched alkanes of at least 4 members (excludes halogenated alkanes) is 56. The van der Waals surface area contributed by atoms with Gasteiger partial charge < -0.3 is 34.4 Å². The Hall–Kier alpha value is -4.09. The molecule has 0 fully saturated rings. The average molecular weight is 1480 g/mol. The maximum absolute atomic E-state index is 13.4. The third-order valence-corrected chi connectivity index (χ3v) is 21.0. The van der Waals surface area contributed by atoms with Crippen LogP contribution < -0.4 is 4.52 Å². The molecule has 1 aromatic carbocycles. The van der Waals surface area contributed by atoms with Crippen molar-refractivity contribution in [3.63, 3.8) is 0 Å². The van der Waals surface area contributed by atoms with Crippen LogP contribution in [0.2, 0.25) is 0 Å². The molecule has 0 heterocycles. The standard InChI is InChI=1S/C84H153N2O16P/c1-3-5-7-9-11-13-15-17-19-21-23-25-27-29-31-33-35-37-39-41-43-45-47-49-51-53-55-57-59-61-83(95)99-73-78(74-100-103(97,98)102-77-65-63-75(64-66-77)67-76(86(71-81(91)92)72-82(93)94)68-85(69-79(87)88)70-80(89)90)101-84(96)62-60-58-56-54-52-50-48-46-44-42-40-38-36-34-32-30-28-26-24-22-20-18-16-14-12-10-8-6-4-2/h63-66,76,78H,3-62,67-74H2,1-2H3,(H,87,88)(H,89,90)(H,91,92)(H,93,94)(H,97,98)/t76-,78+/m0/s1. The second kappa shape index (κ2) is 70.9. The van der Waals surface area contributed by atoms with E-state index in [9.17, 15) is 58.7 Å². The van der Waals surface area contributed by atoms with E-state index in [1.807, 2.05) is 0 Å². The number of rotatable bonds is 81. The normalized spacial score (nSPS) is 12.8. The summed E-state index contributed by atoms with van der Waals surface area (Å²) >= 11 is 0. The molecule has 0 aromatic heterocycles. The van der Waals surface area contributed by atoms with E-state index in [4.69, 9.17) is 18.5 Å². The van der Waals surface area contributed by atoms with E-state index in [2.05, 4.69) is 13.8 Å². The lowest BCUT2D eigenvalue weighted by molar-refractivity contribution is -0.161. The SMILES string of the molecule is CCCCCCCCCCCCCCCCCCCCCCCCCCCCCCCC(=O)OC[C@H](COP(=O)(O)Oc1ccc(C[C@@H](CN(CC(=O)O)CC(=O)O)N(CC(=O)O)CC(=O)O)cc1)OC(=O)CCCCCCCCCCCCCCCCCCCCCCCCCCCCCCC. The maximum atomic E-state index is 13.4. The molecule has 0 saturated carbocycles. The van der Waals surface area contributed by atoms with Gasteiger partial charge in [-0.05, 0) is 37.0 Å². The van der Waals surface area contributed by atoms with Gasteiger partial charge >= 0.3 is 43.6 Å². The van der Waals surface area contributed by atoms with E-state index < -0.39 is 95.2 Å². The number of phosphoric acid groups is 1. The molecular weight excluding hydrogens is 1320 g/mol. The van der Waals surface area contributed by atoms with Gasteiger partial charge in [-0.1, -0.05) is 386 Å². The number of carboxylic acid groups (broad SMARTS) is 4. The van der Waals surface area contributed by atoms with Crippen molar-refractivity contribution in [3.05, 3.63) is 29.8 Å². The molecule has 103 heavy (non-hydrogen) atoms. The average Bonchev–Trinajstić information content (AvgIpc) is 0.852. The largest absolute Gasteiger partial charge is 0.527 e. The molecule has 0 spiro atoms. The second-order valence-corrected chi connectivity index (χ2v) is 31.5. The smallest absolute Gasteiger partial charge is 0.480 e. The number of ether oxygens (including phenoxy) is 2. The highest BCUT2D eigenvalue weighted by Crippen LogP contribution is 2.44. The molecule has 18 nitrogen and oxygen atoms in total. The van der Waals surface area contributed by atoms with Crippen LogP contribution in [0.3, 0.4) is 0 Å². The first-order valence-corrected chi connectivity index (χ1v) is 44.0. The first kappa shape index (κ1) is 96.9. The summed E-state index contributed by atoms with van der Waals surface area (Å²) in [6, 6.07) is 4.56. The summed E-state index contributed by atoms with van der Waals surface area (Å²) in [7, 11) is -4.90. The van der Waals surface area contributed by atoms with Crippen LogP contribution in [-0.4, -0.2) is 129 Å². The van der Waals surface area contributed by atoms with Gasteiger partial charge in [0.15, 0.2) is 6.10 Å². The molecule has 1 unspecified atom stereocenters. The molecular formula is C84H153N2O16P. The molecule has 0 aliphatic heterocycles. The lowest BCUT2D eigenvalue weighted by Gasteiger charge is -2.33. The predicted octanol–water partition coefficient (Wildman–Crippen LogP) is 22.9. The van der Waals surface area contributed by atoms with Gasteiger partial charge in [-0.15, -0.1) is 0 Å². The van der Waals surface area contributed by atoms with E-state index in [1.165, 1.54) is 339 Å². The number of phosphoric ester groups is 1. The minimum absolute atomic E-state index is 0.0743. The van der Waals surface area contributed by atoms with Gasteiger partial charge in [0.2, 0.25) is 0 Å². The Morgan fingerprint density at radius 3 is 0.893 bits per heavy atom. The zero-order chi connectivity index (χ0) is 75.2. The minimum atomic E-state index is -4.90. The number of esters is 2. The number of benzene rings is 1. The molecule has 0 radical (unpaired) electrons. The van der Waals surface area contributed by atoms with Crippen molar-refractivity contribution in [1.29, 1.82) is 0 Å². The van der Waals surface area contributed by atoms with Gasteiger partial charge in [0.05, 0.1) is 26.2 Å². The maximum Gasteiger partial charge on any atom is 0.527 e. The first-order valence-electron chi connectivity index (χ1n) is 42.5. The van der Waals surface area contributed by atoms with Gasteiger partial charge in [-0.3, -0.25) is 48.0 Å². The summed E-state index contributed by atoms with van der Waals surface area (Å²) in [5.41, 5.74) is 0.449. The van der Waals surface area contributed by atoms with Crippen LogP contribution in [0.1, 0.15) is 405 Å². The molecule has 1 aromatic rings. The van der Waals surface area contributed by atoms with Gasteiger partial charge in [0, 0.05) is 25.4 Å². The number of carboxylic acids is 4. The lowest BCUT2D eigenvalue weighted by Crippen LogP contribution is -2.50. The van der Waals surface area contributed by atoms with E-state index in [0.29, 0.717) is 18.4 Å². The number of carbonyl (C=O) groups excluding carboxylic acids is 2. The number of nitrogens with zero attached hydrogens (tertiary/aromatic N) is 2. The fourth-order valence-corrected chi connectivity index (χ4v) is 14.8. The summed E-state index contributed by atoms with van der Waals surface area (Å²) in [6.07, 6.45) is 74.8. The highest BCUT2D eigenvalue weighted by molar-refractivity contribution is 7.47. The number of carbonyl (C=O) groups is 6. The van der Waals surface area contributed by atoms with Crippen LogP contribution >= 0.6 is 7.82 Å². The molecule has 5 N–H and O–H groups in total. The first-order chi connectivity index (χ1) is 50.0. The molecule has 0 aliphatic rings. The quantitative estimate of drug-likeness (QED) is 0.0230. The van der Waals surface area contributed by atoms with E-state index in [1.54, 1.807) is 0 Å². The summed E-state index contributed by atoms with van der Waals surface area (Å²) < 4.78 is 35.3. The summed E-state index contributed by atoms with van der Waals surface area (Å²) in [4.78, 5) is 85.9. The molecule has 0 amide bonds. The Kier molecular flexibility index (Phi) is 66.7. The predicted molar refractivity (Wildman–Crippen MR) is 418 cm³/mol. The third kappa shape index (κ3) is 67.0. The number of hydrogen-bond acceptors (Lipinski definition) is 13. The molecule has 600 valence electrons. The molecule has 3 atom stereocenters. The van der Waals surface area contributed by atoms with Gasteiger partial charge in [0.25, 0.3) is 0 Å². The summed E-state index contributed by atoms with van der Waals surface area (Å²) in [5, 5.41) is 38.0. The minimum Gasteiger partial charge on any atom is -0.480 e. The summed E-state index contributed by atoms with van der Waals surface area (Å²) in [5.74, 6) is -6.56. The zero-order valence-corrected chi connectivity index (χ0v) is 66.5. The summed E-state index contributed by atoms with van der Waals surface area (Å²) in [6.45, 7) is 0.318. The van der Waals surface area contributed by atoms with E-state index >= 15 is 0 Å². The van der Waals surface area contributed by atoms with Crippen molar-refractivity contribution < 1.29 is 77.2 Å². The fourth-order valence-electron chi connectivity index (χ4n) is 14.0. The van der Waals surface area contributed by atoms with Crippen LogP contribution in [0.15, 0.2) is 24.3 Å². The van der Waals surface area contributed by atoms with Crippen molar-refractivity contribution in [2.24, 2.45) is 0 Å². The molecule has 0 saturated heterocycles. The topological polar surface area (TPSA) is 264 Å². The molecule has 19 heteroatoms. The van der Waals surface area contributed by atoms with Crippen molar-refractivity contribution in [2.75, 3.05) is 45.9 Å². The van der Waals surface area contributed by atoms with Crippen LogP contribution in [0.4, 0.5) is 0 Å². The highest BCUT2D eigenvalue weighted by atomic mass is 31.2. The van der Waals surface area contributed by atoms with E-state index in [-0.39, 0.29) is 31.6 Å². The zero-order valence-electron chi connectivity index (χ0n) is 65.6.